The Morgan fingerprint density at radius 2 is 2.03 bits per heavy atom. The highest BCUT2D eigenvalue weighted by Crippen LogP contribution is 2.26. The quantitative estimate of drug-likeness (QED) is 0.490. The van der Waals surface area contributed by atoms with Crippen LogP contribution in [-0.2, 0) is 9.84 Å². The molecule has 11 nitrogen and oxygen atoms in total. The van der Waals surface area contributed by atoms with Crippen LogP contribution in [0, 0.1) is 0 Å². The highest BCUT2D eigenvalue weighted by Gasteiger charge is 2.24. The molecule has 0 bridgehead atoms. The summed E-state index contributed by atoms with van der Waals surface area (Å²) in [5.74, 6) is -0.641. The second kappa shape index (κ2) is 8.63. The second-order valence-electron chi connectivity index (χ2n) is 7.68. The lowest BCUT2D eigenvalue weighted by molar-refractivity contribution is 0.0905. The van der Waals surface area contributed by atoms with E-state index >= 15 is 0 Å². The number of benzene rings is 1. The Labute approximate surface area is 189 Å². The van der Waals surface area contributed by atoms with Gasteiger partial charge in [-0.2, -0.15) is 0 Å². The lowest BCUT2D eigenvalue weighted by atomic mass is 10.1. The summed E-state index contributed by atoms with van der Waals surface area (Å²) < 4.78 is 30.1. The predicted octanol–water partition coefficient (Wildman–Crippen LogP) is 1.79. The van der Waals surface area contributed by atoms with Gasteiger partial charge >= 0.3 is 11.8 Å². The molecule has 1 amide bonds. The third-order valence-corrected chi connectivity index (χ3v) is 7.29. The van der Waals surface area contributed by atoms with E-state index in [9.17, 15) is 13.2 Å². The Hall–Kier alpha value is -3.38. The van der Waals surface area contributed by atoms with Crippen LogP contribution in [0.2, 0.25) is 0 Å². The molecule has 4 N–H and O–H groups in total. The van der Waals surface area contributed by atoms with E-state index in [1.165, 1.54) is 18.3 Å². The van der Waals surface area contributed by atoms with E-state index in [1.807, 2.05) is 0 Å². The maximum absolute atomic E-state index is 12.3. The molecule has 0 spiro atoms. The summed E-state index contributed by atoms with van der Waals surface area (Å²) in [7, 11) is -3.38. The van der Waals surface area contributed by atoms with E-state index in [4.69, 9.17) is 10.2 Å². The first-order valence-corrected chi connectivity index (χ1v) is 11.6. The summed E-state index contributed by atoms with van der Waals surface area (Å²) in [4.78, 5) is 21.1. The highest BCUT2D eigenvalue weighted by atomic mass is 32.2. The van der Waals surface area contributed by atoms with Crippen molar-refractivity contribution in [3.63, 3.8) is 0 Å². The maximum atomic E-state index is 12.3. The Morgan fingerprint density at radius 1 is 1.28 bits per heavy atom. The van der Waals surface area contributed by atoms with Crippen LogP contribution in [0.5, 0.6) is 0 Å². The van der Waals surface area contributed by atoms with Gasteiger partial charge < -0.3 is 20.8 Å². The van der Waals surface area contributed by atoms with Gasteiger partial charge in [-0.3, -0.25) is 4.79 Å². The Morgan fingerprint density at radius 3 is 2.69 bits per heavy atom. The summed E-state index contributed by atoms with van der Waals surface area (Å²) in [6.45, 7) is 4.78. The van der Waals surface area contributed by atoms with Crippen molar-refractivity contribution in [3.05, 3.63) is 36.4 Å². The van der Waals surface area contributed by atoms with Crippen molar-refractivity contribution in [2.75, 3.05) is 18.8 Å². The zero-order valence-corrected chi connectivity index (χ0v) is 18.4. The van der Waals surface area contributed by atoms with Crippen LogP contribution in [0.4, 0.5) is 5.82 Å². The fourth-order valence-corrected chi connectivity index (χ4v) is 4.28. The first-order valence-electron chi connectivity index (χ1n) is 10.1. The number of hydrogen-bond donors (Lipinski definition) is 3. The van der Waals surface area contributed by atoms with Crippen LogP contribution >= 0.6 is 0 Å². The average Bonchev–Trinajstić information content (AvgIpc) is 3.46. The minimum absolute atomic E-state index is 0. The number of hydrogen-bond acceptors (Lipinski definition) is 10. The molecule has 1 unspecified atom stereocenters. The lowest BCUT2D eigenvalue weighted by Gasteiger charge is -2.09. The number of nitrogens with one attached hydrogen (secondary N) is 2. The van der Waals surface area contributed by atoms with Gasteiger partial charge in [0.15, 0.2) is 21.3 Å². The molecule has 3 heterocycles. The number of aromatic nitrogens is 4. The van der Waals surface area contributed by atoms with Gasteiger partial charge in [-0.25, -0.2) is 18.4 Å². The van der Waals surface area contributed by atoms with Gasteiger partial charge in [0.05, 0.1) is 22.0 Å². The molecule has 3 aromatic rings. The van der Waals surface area contributed by atoms with Crippen molar-refractivity contribution in [1.29, 1.82) is 0 Å². The zero-order chi connectivity index (χ0) is 22.9. The smallest absolute Gasteiger partial charge is 0.309 e. The van der Waals surface area contributed by atoms with Crippen molar-refractivity contribution >= 4 is 21.6 Å². The number of anilines is 1. The third kappa shape index (κ3) is 4.32. The van der Waals surface area contributed by atoms with Gasteiger partial charge in [0.2, 0.25) is 0 Å². The molecule has 1 atom stereocenters. The van der Waals surface area contributed by atoms with Gasteiger partial charge in [-0.05, 0) is 38.9 Å². The molecule has 1 saturated heterocycles. The summed E-state index contributed by atoms with van der Waals surface area (Å²) >= 11 is 0. The molecule has 1 fully saturated rings. The summed E-state index contributed by atoms with van der Waals surface area (Å²) in [5.41, 5.74) is 7.14. The molecule has 1 aromatic carbocycles. The SMILES string of the molecule is CC(C)S(=O)(=O)c1ccc(-c2cnc(N)c(-c3nnc(C(=O)NC4CCNC4)o3)n2)cc1.[HH].[HH].[HH]. The molecular weight excluding hydrogens is 434 g/mol. The minimum Gasteiger partial charge on any atom is -0.410 e. The molecule has 12 heteroatoms. The fourth-order valence-electron chi connectivity index (χ4n) is 3.22. The molecule has 0 aliphatic carbocycles. The van der Waals surface area contributed by atoms with E-state index in [-0.39, 0.29) is 38.5 Å². The van der Waals surface area contributed by atoms with Crippen LogP contribution in [0.3, 0.4) is 0 Å². The van der Waals surface area contributed by atoms with Crippen LogP contribution in [0.25, 0.3) is 22.8 Å². The molecule has 174 valence electrons. The van der Waals surface area contributed by atoms with Crippen molar-refractivity contribution in [2.45, 2.75) is 36.5 Å². The number of carbonyl (C=O) groups excluding carboxylic acids is 1. The lowest BCUT2D eigenvalue weighted by Crippen LogP contribution is -2.36. The monoisotopic (exact) mass is 463 g/mol. The number of nitrogen functional groups attached to an aromatic ring is 1. The number of nitrogens with two attached hydrogens (primary N) is 1. The Bertz CT molecular complexity index is 1250. The third-order valence-electron chi connectivity index (χ3n) is 5.12. The normalized spacial score (nSPS) is 16.4. The predicted molar refractivity (Wildman–Crippen MR) is 123 cm³/mol. The summed E-state index contributed by atoms with van der Waals surface area (Å²) in [5, 5.41) is 13.1. The fraction of sp³-hybridized carbons (Fsp3) is 0.350. The minimum atomic E-state index is -3.38. The van der Waals surface area contributed by atoms with E-state index in [0.717, 1.165) is 13.0 Å². The summed E-state index contributed by atoms with van der Waals surface area (Å²) in [6, 6.07) is 6.34. The van der Waals surface area contributed by atoms with Crippen molar-refractivity contribution in [3.8, 4) is 22.8 Å². The Kier molecular flexibility index (Phi) is 5.89. The molecule has 1 aliphatic heterocycles. The topological polar surface area (TPSA) is 166 Å². The molecule has 32 heavy (non-hydrogen) atoms. The van der Waals surface area contributed by atoms with Crippen molar-refractivity contribution < 1.29 is 21.9 Å². The van der Waals surface area contributed by atoms with E-state index in [2.05, 4.69) is 30.8 Å². The van der Waals surface area contributed by atoms with Gasteiger partial charge in [0.1, 0.15) is 0 Å². The number of carbonyl (C=O) groups is 1. The number of rotatable bonds is 6. The Balaban J connectivity index is 0.00000204. The number of nitrogens with zero attached hydrogens (tertiary/aromatic N) is 4. The first kappa shape index (κ1) is 21.8. The van der Waals surface area contributed by atoms with Gasteiger partial charge in [-0.1, -0.05) is 12.1 Å². The van der Waals surface area contributed by atoms with Crippen LogP contribution in [0.15, 0.2) is 39.8 Å². The van der Waals surface area contributed by atoms with Crippen molar-refractivity contribution in [2.24, 2.45) is 0 Å². The summed E-state index contributed by atoms with van der Waals surface area (Å²) in [6.07, 6.45) is 2.28. The largest absolute Gasteiger partial charge is 0.410 e. The van der Waals surface area contributed by atoms with Crippen LogP contribution in [0.1, 0.15) is 35.2 Å². The average molecular weight is 464 g/mol. The number of amides is 1. The van der Waals surface area contributed by atoms with Crippen LogP contribution < -0.4 is 16.4 Å². The highest BCUT2D eigenvalue weighted by molar-refractivity contribution is 7.92. The van der Waals surface area contributed by atoms with Gasteiger partial charge in [0, 0.05) is 22.4 Å². The zero-order valence-electron chi connectivity index (χ0n) is 17.6. The molecule has 1 aliphatic rings. The first-order chi connectivity index (χ1) is 15.3. The molecule has 2 aromatic heterocycles. The second-order valence-corrected chi connectivity index (χ2v) is 10.2. The van der Waals surface area contributed by atoms with Crippen LogP contribution in [-0.4, -0.2) is 58.9 Å². The number of sulfone groups is 1. The molecule has 0 saturated carbocycles. The van der Waals surface area contributed by atoms with E-state index in [1.54, 1.807) is 26.0 Å². The maximum Gasteiger partial charge on any atom is 0.309 e. The van der Waals surface area contributed by atoms with E-state index in [0.29, 0.717) is 17.8 Å². The van der Waals surface area contributed by atoms with E-state index < -0.39 is 21.0 Å². The van der Waals surface area contributed by atoms with Crippen molar-refractivity contribution in [1.82, 2.24) is 30.8 Å². The van der Waals surface area contributed by atoms with Gasteiger partial charge in [-0.15, -0.1) is 10.2 Å². The molecule has 4 rings (SSSR count). The van der Waals surface area contributed by atoms with Gasteiger partial charge in [0.25, 0.3) is 5.89 Å². The molecule has 0 radical (unpaired) electrons. The molecular formula is C20H29N7O4S. The standard InChI is InChI=1S/C20H23N7O4S.3H2/c1-11(2)32(29,30)14-5-3-12(4-6-14)15-10-23-17(21)16(25-15)19-26-27-20(31-19)18(28)24-13-7-8-22-9-13;;;/h3-6,10-11,13,22H,7-9H2,1-2H3,(H2,21,23)(H,24,28);3*1H.